The summed E-state index contributed by atoms with van der Waals surface area (Å²) < 4.78 is 26.5. The van der Waals surface area contributed by atoms with Gasteiger partial charge in [-0.1, -0.05) is 0 Å². The summed E-state index contributed by atoms with van der Waals surface area (Å²) in [6.45, 7) is 0.533. The Morgan fingerprint density at radius 1 is 1.33 bits per heavy atom. The van der Waals surface area contributed by atoms with Gasteiger partial charge in [0, 0.05) is 30.5 Å². The number of carbonyl (C=O) groups excluding carboxylic acids is 1. The maximum absolute atomic E-state index is 12.6. The molecule has 1 aliphatic rings. The highest BCUT2D eigenvalue weighted by atomic mass is 79.9. The number of hydrogen-bond donors (Lipinski definition) is 2. The molecule has 2 rings (SSSR count). The number of carboxylic acids is 1. The Kier molecular flexibility index (Phi) is 4.64. The van der Waals surface area contributed by atoms with Crippen LogP contribution in [0.3, 0.4) is 0 Å². The van der Waals surface area contributed by atoms with Gasteiger partial charge in [0.1, 0.15) is 0 Å². The van der Waals surface area contributed by atoms with Crippen LogP contribution >= 0.6 is 15.9 Å². The normalized spacial score (nSPS) is 17.1. The van der Waals surface area contributed by atoms with Gasteiger partial charge >= 0.3 is 5.97 Å². The third-order valence-corrected chi connectivity index (χ3v) is 5.94. The van der Waals surface area contributed by atoms with Crippen molar-refractivity contribution in [1.29, 1.82) is 0 Å². The predicted molar refractivity (Wildman–Crippen MR) is 77.5 cm³/mol. The van der Waals surface area contributed by atoms with Crippen LogP contribution in [0.15, 0.2) is 27.6 Å². The molecule has 7 nitrogen and oxygen atoms in total. The van der Waals surface area contributed by atoms with Gasteiger partial charge in [0.15, 0.2) is 0 Å². The Labute approximate surface area is 130 Å². The minimum absolute atomic E-state index is 0.00599. The van der Waals surface area contributed by atoms with E-state index in [4.69, 9.17) is 5.11 Å². The fourth-order valence-electron chi connectivity index (χ4n) is 1.97. The van der Waals surface area contributed by atoms with Crippen molar-refractivity contribution >= 4 is 37.8 Å². The highest BCUT2D eigenvalue weighted by Crippen LogP contribution is 2.26. The zero-order valence-electron chi connectivity index (χ0n) is 10.9. The summed E-state index contributed by atoms with van der Waals surface area (Å²) >= 11 is 3.10. The van der Waals surface area contributed by atoms with Crippen LogP contribution in [0, 0.1) is 0 Å². The van der Waals surface area contributed by atoms with Gasteiger partial charge in [0.2, 0.25) is 15.9 Å². The monoisotopic (exact) mass is 376 g/mol. The van der Waals surface area contributed by atoms with Crippen molar-refractivity contribution in [2.75, 3.05) is 19.6 Å². The first-order chi connectivity index (χ1) is 9.82. The molecule has 1 aromatic rings. The number of carbonyl (C=O) groups is 2. The lowest BCUT2D eigenvalue weighted by atomic mass is 10.2. The van der Waals surface area contributed by atoms with Crippen LogP contribution < -0.4 is 5.32 Å². The van der Waals surface area contributed by atoms with Crippen LogP contribution in [-0.2, 0) is 14.8 Å². The molecule has 1 aliphatic heterocycles. The smallest absolute Gasteiger partial charge is 0.335 e. The Balaban J connectivity index is 2.35. The maximum Gasteiger partial charge on any atom is 0.335 e. The number of benzene rings is 1. The van der Waals surface area contributed by atoms with Crippen LogP contribution in [0.25, 0.3) is 0 Å². The largest absolute Gasteiger partial charge is 0.478 e. The zero-order chi connectivity index (χ0) is 15.6. The number of aromatic carboxylic acids is 1. The first kappa shape index (κ1) is 15.9. The van der Waals surface area contributed by atoms with Crippen molar-refractivity contribution in [3.8, 4) is 0 Å². The predicted octanol–water partition coefficient (Wildman–Crippen LogP) is 0.658. The average Bonchev–Trinajstić information content (AvgIpc) is 2.63. The Morgan fingerprint density at radius 2 is 2.05 bits per heavy atom. The van der Waals surface area contributed by atoms with Gasteiger partial charge in [-0.05, 0) is 34.1 Å². The van der Waals surface area contributed by atoms with Crippen LogP contribution in [-0.4, -0.2) is 49.3 Å². The molecule has 1 aromatic carbocycles. The van der Waals surface area contributed by atoms with E-state index in [1.54, 1.807) is 0 Å². The van der Waals surface area contributed by atoms with Crippen molar-refractivity contribution in [2.24, 2.45) is 0 Å². The van der Waals surface area contributed by atoms with Gasteiger partial charge in [-0.15, -0.1) is 0 Å². The number of sulfonamides is 1. The quantitative estimate of drug-likeness (QED) is 0.806. The van der Waals surface area contributed by atoms with E-state index in [-0.39, 0.29) is 46.9 Å². The molecule has 0 saturated carbocycles. The molecule has 0 radical (unpaired) electrons. The highest BCUT2D eigenvalue weighted by Gasteiger charge is 2.28. The Bertz CT molecular complexity index is 689. The van der Waals surface area contributed by atoms with Crippen molar-refractivity contribution in [3.05, 3.63) is 28.2 Å². The third-order valence-electron chi connectivity index (χ3n) is 3.07. The van der Waals surface area contributed by atoms with E-state index in [1.165, 1.54) is 22.5 Å². The fourth-order valence-corrected chi connectivity index (χ4v) is 4.45. The topological polar surface area (TPSA) is 104 Å². The first-order valence-electron chi connectivity index (χ1n) is 6.12. The summed E-state index contributed by atoms with van der Waals surface area (Å²) in [7, 11) is -3.78. The second kappa shape index (κ2) is 6.12. The van der Waals surface area contributed by atoms with Gasteiger partial charge in [0.05, 0.1) is 10.5 Å². The van der Waals surface area contributed by atoms with Crippen LogP contribution in [0.2, 0.25) is 0 Å². The second-order valence-corrected chi connectivity index (χ2v) is 7.22. The SMILES string of the molecule is O=C1CCN(S(=O)(=O)c2ccc(C(=O)O)cc2Br)CCN1. The van der Waals surface area contributed by atoms with Gasteiger partial charge in [-0.3, -0.25) is 4.79 Å². The molecular weight excluding hydrogens is 364 g/mol. The molecule has 0 atom stereocenters. The van der Waals surface area contributed by atoms with Gasteiger partial charge in [-0.25, -0.2) is 13.2 Å². The summed E-state index contributed by atoms with van der Waals surface area (Å²) in [6.07, 6.45) is 0.101. The standard InChI is InChI=1S/C12H13BrN2O5S/c13-9-7-8(12(17)18)1-2-10(9)21(19,20)15-5-3-11(16)14-4-6-15/h1-2,7H,3-6H2,(H,14,16)(H,17,18). The lowest BCUT2D eigenvalue weighted by Crippen LogP contribution is -2.34. The van der Waals surface area contributed by atoms with Crippen molar-refractivity contribution < 1.29 is 23.1 Å². The van der Waals surface area contributed by atoms with Gasteiger partial charge in [0.25, 0.3) is 0 Å². The van der Waals surface area contributed by atoms with Crippen molar-refractivity contribution in [3.63, 3.8) is 0 Å². The minimum Gasteiger partial charge on any atom is -0.478 e. The van der Waals surface area contributed by atoms with Crippen molar-refractivity contribution in [1.82, 2.24) is 9.62 Å². The van der Waals surface area contributed by atoms with Crippen molar-refractivity contribution in [2.45, 2.75) is 11.3 Å². The summed E-state index contributed by atoms with van der Waals surface area (Å²) in [4.78, 5) is 22.1. The summed E-state index contributed by atoms with van der Waals surface area (Å²) in [5.41, 5.74) is -0.00599. The van der Waals surface area contributed by atoms with Gasteiger partial charge < -0.3 is 10.4 Å². The number of nitrogens with one attached hydrogen (secondary N) is 1. The Morgan fingerprint density at radius 3 is 2.67 bits per heavy atom. The fraction of sp³-hybridized carbons (Fsp3) is 0.333. The molecule has 0 unspecified atom stereocenters. The number of hydrogen-bond acceptors (Lipinski definition) is 4. The molecular formula is C12H13BrN2O5S. The molecule has 0 bridgehead atoms. The second-order valence-electron chi connectivity index (χ2n) is 4.45. The zero-order valence-corrected chi connectivity index (χ0v) is 13.3. The van der Waals surface area contributed by atoms with E-state index in [9.17, 15) is 18.0 Å². The molecule has 1 heterocycles. The van der Waals surface area contributed by atoms with Crippen LogP contribution in [0.5, 0.6) is 0 Å². The summed E-state index contributed by atoms with van der Waals surface area (Å²) in [5, 5.41) is 11.5. The molecule has 1 fully saturated rings. The Hall–Kier alpha value is -1.45. The van der Waals surface area contributed by atoms with Crippen LogP contribution in [0.4, 0.5) is 0 Å². The van der Waals surface area contributed by atoms with E-state index < -0.39 is 16.0 Å². The molecule has 1 saturated heterocycles. The molecule has 1 amide bonds. The lowest BCUT2D eigenvalue weighted by molar-refractivity contribution is -0.120. The molecule has 0 spiro atoms. The third kappa shape index (κ3) is 3.42. The average molecular weight is 377 g/mol. The lowest BCUT2D eigenvalue weighted by Gasteiger charge is -2.20. The molecule has 0 aliphatic carbocycles. The summed E-state index contributed by atoms with van der Waals surface area (Å²) in [5.74, 6) is -1.32. The number of carboxylic acid groups (broad SMARTS) is 1. The summed E-state index contributed by atoms with van der Waals surface area (Å²) in [6, 6.07) is 3.74. The van der Waals surface area contributed by atoms with E-state index in [0.29, 0.717) is 0 Å². The molecule has 114 valence electrons. The molecule has 2 N–H and O–H groups in total. The maximum atomic E-state index is 12.6. The number of nitrogens with zero attached hydrogens (tertiary/aromatic N) is 1. The molecule has 9 heteroatoms. The number of halogens is 1. The van der Waals surface area contributed by atoms with E-state index in [1.807, 2.05) is 0 Å². The molecule has 0 aromatic heterocycles. The van der Waals surface area contributed by atoms with Crippen LogP contribution in [0.1, 0.15) is 16.8 Å². The molecule has 21 heavy (non-hydrogen) atoms. The first-order valence-corrected chi connectivity index (χ1v) is 8.35. The number of amides is 1. The van der Waals surface area contributed by atoms with E-state index >= 15 is 0 Å². The highest BCUT2D eigenvalue weighted by molar-refractivity contribution is 9.10. The minimum atomic E-state index is -3.78. The van der Waals surface area contributed by atoms with E-state index in [2.05, 4.69) is 21.2 Å². The number of rotatable bonds is 3. The van der Waals surface area contributed by atoms with E-state index in [0.717, 1.165) is 0 Å². The van der Waals surface area contributed by atoms with Gasteiger partial charge in [-0.2, -0.15) is 4.31 Å².